The van der Waals surface area contributed by atoms with Crippen LogP contribution >= 0.6 is 15.9 Å². The molecule has 0 unspecified atom stereocenters. The molecule has 0 atom stereocenters. The lowest BCUT2D eigenvalue weighted by atomic mass is 10.1. The van der Waals surface area contributed by atoms with Crippen LogP contribution in [-0.2, 0) is 7.05 Å². The molecule has 0 saturated carbocycles. The molecule has 1 aromatic heterocycles. The second-order valence-corrected chi connectivity index (χ2v) is 7.60. The van der Waals surface area contributed by atoms with E-state index in [1.807, 2.05) is 48.1 Å². The minimum absolute atomic E-state index is 0.107. The lowest BCUT2D eigenvalue weighted by Gasteiger charge is -2.20. The number of aryl methyl sites for hydroxylation is 1. The highest BCUT2D eigenvalue weighted by atomic mass is 79.9. The highest BCUT2D eigenvalue weighted by Crippen LogP contribution is 2.34. The highest BCUT2D eigenvalue weighted by Gasteiger charge is 2.17. The maximum Gasteiger partial charge on any atom is 0.255 e. The Kier molecular flexibility index (Phi) is 4.99. The molecular weight excluding hydrogens is 404 g/mol. The summed E-state index contributed by atoms with van der Waals surface area (Å²) in [6.07, 6.45) is 4.19. The first kappa shape index (κ1) is 17.8. The van der Waals surface area contributed by atoms with E-state index >= 15 is 0 Å². The molecule has 0 aliphatic carbocycles. The van der Waals surface area contributed by atoms with Crippen LogP contribution in [0.25, 0.3) is 11.3 Å². The highest BCUT2D eigenvalue weighted by molar-refractivity contribution is 9.10. The number of halogens is 1. The van der Waals surface area contributed by atoms with Gasteiger partial charge in [-0.25, -0.2) is 0 Å². The predicted octanol–water partition coefficient (Wildman–Crippen LogP) is 4.70. The van der Waals surface area contributed by atoms with Crippen LogP contribution in [0.4, 0.5) is 11.4 Å². The molecule has 3 aromatic rings. The Morgan fingerprint density at radius 2 is 1.85 bits per heavy atom. The van der Waals surface area contributed by atoms with Crippen LogP contribution in [0.1, 0.15) is 23.2 Å². The molecular formula is C21H21BrN4O. The number of nitrogens with zero attached hydrogens (tertiary/aromatic N) is 3. The van der Waals surface area contributed by atoms with Crippen molar-refractivity contribution < 1.29 is 4.79 Å². The molecule has 4 rings (SSSR count). The number of nitrogens with one attached hydrogen (secondary N) is 1. The molecule has 0 spiro atoms. The average Bonchev–Trinajstić information content (AvgIpc) is 3.32. The van der Waals surface area contributed by atoms with E-state index < -0.39 is 0 Å². The molecule has 2 aromatic carbocycles. The van der Waals surface area contributed by atoms with Crippen LogP contribution in [0.15, 0.2) is 59.2 Å². The first-order valence-corrected chi connectivity index (χ1v) is 9.85. The van der Waals surface area contributed by atoms with Gasteiger partial charge in [0.2, 0.25) is 0 Å². The third-order valence-corrected chi connectivity index (χ3v) is 5.43. The van der Waals surface area contributed by atoms with Gasteiger partial charge in [-0.05, 0) is 59.1 Å². The van der Waals surface area contributed by atoms with Gasteiger partial charge >= 0.3 is 0 Å². The van der Waals surface area contributed by atoms with E-state index in [1.165, 1.54) is 12.8 Å². The van der Waals surface area contributed by atoms with Crippen LogP contribution < -0.4 is 10.2 Å². The van der Waals surface area contributed by atoms with Gasteiger partial charge in [0.05, 0.1) is 16.4 Å². The summed E-state index contributed by atoms with van der Waals surface area (Å²) in [5.74, 6) is -0.107. The third kappa shape index (κ3) is 3.76. The molecule has 1 aliphatic heterocycles. The summed E-state index contributed by atoms with van der Waals surface area (Å²) in [4.78, 5) is 15.0. The van der Waals surface area contributed by atoms with Gasteiger partial charge in [0.1, 0.15) is 0 Å². The predicted molar refractivity (Wildman–Crippen MR) is 112 cm³/mol. The summed E-state index contributed by atoms with van der Waals surface area (Å²) in [5, 5.41) is 7.38. The number of carbonyl (C=O) groups excluding carboxylic acids is 1. The maximum atomic E-state index is 12.6. The Bertz CT molecular complexity index is 942. The molecule has 27 heavy (non-hydrogen) atoms. The quantitative estimate of drug-likeness (QED) is 0.659. The fraction of sp³-hybridized carbons (Fsp3) is 0.238. The van der Waals surface area contributed by atoms with Crippen molar-refractivity contribution >= 4 is 33.2 Å². The zero-order chi connectivity index (χ0) is 18.8. The molecule has 6 heteroatoms. The van der Waals surface area contributed by atoms with Crippen molar-refractivity contribution in [2.75, 3.05) is 23.3 Å². The minimum atomic E-state index is -0.107. The fourth-order valence-corrected chi connectivity index (χ4v) is 4.08. The monoisotopic (exact) mass is 424 g/mol. The van der Waals surface area contributed by atoms with E-state index in [0.29, 0.717) is 5.56 Å². The lowest BCUT2D eigenvalue weighted by Crippen LogP contribution is -2.18. The Balaban J connectivity index is 1.73. The SMILES string of the molecule is Cn1ncc(Br)c1-c1cc(NC(=O)c2ccccc2)cc(N2CCCC2)c1. The van der Waals surface area contributed by atoms with E-state index in [-0.39, 0.29) is 5.91 Å². The van der Waals surface area contributed by atoms with Gasteiger partial charge in [0.25, 0.3) is 5.91 Å². The van der Waals surface area contributed by atoms with Crippen molar-refractivity contribution in [2.45, 2.75) is 12.8 Å². The molecule has 1 amide bonds. The first-order chi connectivity index (χ1) is 13.1. The van der Waals surface area contributed by atoms with Crippen molar-refractivity contribution in [2.24, 2.45) is 7.05 Å². The molecule has 1 fully saturated rings. The Hall–Kier alpha value is -2.60. The van der Waals surface area contributed by atoms with E-state index in [2.05, 4.69) is 43.4 Å². The van der Waals surface area contributed by atoms with Gasteiger partial charge in [0.15, 0.2) is 0 Å². The largest absolute Gasteiger partial charge is 0.371 e. The average molecular weight is 425 g/mol. The number of amides is 1. The van der Waals surface area contributed by atoms with Gasteiger partial charge in [-0.1, -0.05) is 18.2 Å². The van der Waals surface area contributed by atoms with Gasteiger partial charge in [0, 0.05) is 42.6 Å². The van der Waals surface area contributed by atoms with Crippen molar-refractivity contribution in [3.63, 3.8) is 0 Å². The summed E-state index contributed by atoms with van der Waals surface area (Å²) in [7, 11) is 1.92. The van der Waals surface area contributed by atoms with Crippen molar-refractivity contribution in [1.82, 2.24) is 9.78 Å². The summed E-state index contributed by atoms with van der Waals surface area (Å²) in [5.41, 5.74) is 4.58. The van der Waals surface area contributed by atoms with Gasteiger partial charge in [-0.15, -0.1) is 0 Å². The van der Waals surface area contributed by atoms with Crippen LogP contribution in [0.3, 0.4) is 0 Å². The van der Waals surface area contributed by atoms with E-state index in [9.17, 15) is 4.79 Å². The van der Waals surface area contributed by atoms with Gasteiger partial charge < -0.3 is 10.2 Å². The zero-order valence-corrected chi connectivity index (χ0v) is 16.7. The molecule has 5 nitrogen and oxygen atoms in total. The Morgan fingerprint density at radius 1 is 1.11 bits per heavy atom. The summed E-state index contributed by atoms with van der Waals surface area (Å²) in [6, 6.07) is 15.5. The number of hydrogen-bond donors (Lipinski definition) is 1. The fourth-order valence-electron chi connectivity index (χ4n) is 3.51. The van der Waals surface area contributed by atoms with Crippen molar-refractivity contribution in [3.05, 3.63) is 64.8 Å². The molecule has 1 saturated heterocycles. The number of anilines is 2. The van der Waals surface area contributed by atoms with Crippen molar-refractivity contribution in [3.8, 4) is 11.3 Å². The summed E-state index contributed by atoms with van der Waals surface area (Å²) >= 11 is 3.59. The maximum absolute atomic E-state index is 12.6. The van der Waals surface area contributed by atoms with Crippen molar-refractivity contribution in [1.29, 1.82) is 0 Å². The number of carbonyl (C=O) groups is 1. The molecule has 2 heterocycles. The van der Waals surface area contributed by atoms with E-state index in [0.717, 1.165) is 40.2 Å². The normalized spacial score (nSPS) is 13.8. The second kappa shape index (κ2) is 7.56. The van der Waals surface area contributed by atoms with E-state index in [4.69, 9.17) is 0 Å². The molecule has 0 bridgehead atoms. The lowest BCUT2D eigenvalue weighted by molar-refractivity contribution is 0.102. The number of aromatic nitrogens is 2. The van der Waals surface area contributed by atoms with Crippen LogP contribution in [0.2, 0.25) is 0 Å². The smallest absolute Gasteiger partial charge is 0.255 e. The standard InChI is InChI=1S/C21H21BrN4O/c1-25-20(19(22)14-23-25)16-11-17(13-18(12-16)26-9-5-6-10-26)24-21(27)15-7-3-2-4-8-15/h2-4,7-8,11-14H,5-6,9-10H2,1H3,(H,24,27). The first-order valence-electron chi connectivity index (χ1n) is 9.06. The van der Waals surface area contributed by atoms with Gasteiger partial charge in [-0.2, -0.15) is 5.10 Å². The van der Waals surface area contributed by atoms with Crippen LogP contribution in [0.5, 0.6) is 0 Å². The van der Waals surface area contributed by atoms with Gasteiger partial charge in [-0.3, -0.25) is 9.48 Å². The number of benzene rings is 2. The zero-order valence-electron chi connectivity index (χ0n) is 15.2. The topological polar surface area (TPSA) is 50.2 Å². The summed E-state index contributed by atoms with van der Waals surface area (Å²) in [6.45, 7) is 2.09. The second-order valence-electron chi connectivity index (χ2n) is 6.75. The number of rotatable bonds is 4. The van der Waals surface area contributed by atoms with E-state index in [1.54, 1.807) is 6.20 Å². The Labute approximate surface area is 167 Å². The van der Waals surface area contributed by atoms with Crippen LogP contribution in [-0.4, -0.2) is 28.8 Å². The molecule has 0 radical (unpaired) electrons. The molecule has 1 N–H and O–H groups in total. The summed E-state index contributed by atoms with van der Waals surface area (Å²) < 4.78 is 2.78. The number of hydrogen-bond acceptors (Lipinski definition) is 3. The minimum Gasteiger partial charge on any atom is -0.371 e. The Morgan fingerprint density at radius 3 is 2.52 bits per heavy atom. The van der Waals surface area contributed by atoms with Crippen LogP contribution in [0, 0.1) is 0 Å². The third-order valence-electron chi connectivity index (χ3n) is 4.85. The molecule has 138 valence electrons. The molecule has 1 aliphatic rings.